The summed E-state index contributed by atoms with van der Waals surface area (Å²) in [6.07, 6.45) is 1.17. The van der Waals surface area contributed by atoms with Crippen molar-refractivity contribution in [1.82, 2.24) is 9.97 Å². The summed E-state index contributed by atoms with van der Waals surface area (Å²) in [4.78, 5) is 26.5. The Morgan fingerprint density at radius 2 is 2.10 bits per heavy atom. The van der Waals surface area contributed by atoms with Gasteiger partial charge in [0.2, 0.25) is 0 Å². The second kappa shape index (κ2) is 2.91. The van der Waals surface area contributed by atoms with Gasteiger partial charge in [0.25, 0.3) is 0 Å². The molecule has 0 fully saturated rings. The molecule has 1 N–H and O–H groups in total. The van der Waals surface area contributed by atoms with Crippen LogP contribution in [0.15, 0.2) is 0 Å². The van der Waals surface area contributed by atoms with Gasteiger partial charge in [-0.25, -0.2) is 4.98 Å². The van der Waals surface area contributed by atoms with E-state index >= 15 is 0 Å². The first-order chi connectivity index (χ1) is 4.77. The van der Waals surface area contributed by atoms with Crippen LogP contribution in [0, 0.1) is 3.70 Å². The van der Waals surface area contributed by atoms with E-state index in [1.165, 1.54) is 0 Å². The van der Waals surface area contributed by atoms with Crippen molar-refractivity contribution in [3.63, 3.8) is 0 Å². The molecule has 0 radical (unpaired) electrons. The standard InChI is InChI=1S/C5H3IN2O2/c6-5-3(1-9)7-4(2-10)8-5/h1-2H,(H,7,8). The maximum Gasteiger partial charge on any atom is 0.185 e. The van der Waals surface area contributed by atoms with E-state index in [1.54, 1.807) is 0 Å². The van der Waals surface area contributed by atoms with Gasteiger partial charge in [-0.2, -0.15) is 0 Å². The van der Waals surface area contributed by atoms with Gasteiger partial charge in [-0.1, -0.05) is 0 Å². The maximum absolute atomic E-state index is 10.2. The van der Waals surface area contributed by atoms with Crippen LogP contribution < -0.4 is 0 Å². The first kappa shape index (κ1) is 7.39. The zero-order valence-corrected chi connectivity index (χ0v) is 6.95. The highest BCUT2D eigenvalue weighted by molar-refractivity contribution is 14.1. The Bertz CT molecular complexity index is 269. The van der Waals surface area contributed by atoms with Crippen molar-refractivity contribution in [3.05, 3.63) is 15.2 Å². The van der Waals surface area contributed by atoms with Crippen LogP contribution in [-0.4, -0.2) is 22.5 Å². The zero-order valence-electron chi connectivity index (χ0n) is 4.80. The van der Waals surface area contributed by atoms with E-state index in [-0.39, 0.29) is 11.5 Å². The quantitative estimate of drug-likeness (QED) is 0.618. The largest absolute Gasteiger partial charge is 0.331 e. The van der Waals surface area contributed by atoms with Gasteiger partial charge in [0.1, 0.15) is 9.39 Å². The highest BCUT2D eigenvalue weighted by Gasteiger charge is 2.04. The average Bonchev–Trinajstić information content (AvgIpc) is 2.30. The Labute approximate surface area is 70.2 Å². The topological polar surface area (TPSA) is 62.8 Å². The molecule has 1 aromatic rings. The Morgan fingerprint density at radius 3 is 2.40 bits per heavy atom. The number of hydrogen-bond acceptors (Lipinski definition) is 3. The molecule has 52 valence electrons. The lowest BCUT2D eigenvalue weighted by molar-refractivity contribution is 0.111. The highest BCUT2D eigenvalue weighted by Crippen LogP contribution is 2.04. The molecule has 0 aliphatic heterocycles. The first-order valence-corrected chi connectivity index (χ1v) is 3.51. The smallest absolute Gasteiger partial charge is 0.185 e. The van der Waals surface area contributed by atoms with Gasteiger partial charge in [-0.3, -0.25) is 9.59 Å². The van der Waals surface area contributed by atoms with Gasteiger partial charge in [0.05, 0.1) is 0 Å². The monoisotopic (exact) mass is 250 g/mol. The number of nitrogens with zero attached hydrogens (tertiary/aromatic N) is 1. The zero-order chi connectivity index (χ0) is 7.56. The average molecular weight is 250 g/mol. The number of H-pyrrole nitrogens is 1. The van der Waals surface area contributed by atoms with Crippen molar-refractivity contribution < 1.29 is 9.59 Å². The number of aromatic amines is 1. The molecule has 0 aromatic carbocycles. The maximum atomic E-state index is 10.2. The molecule has 1 aromatic heterocycles. The predicted octanol–water partition coefficient (Wildman–Crippen LogP) is 0.639. The van der Waals surface area contributed by atoms with Crippen LogP contribution in [0.1, 0.15) is 21.1 Å². The number of halogens is 1. The third kappa shape index (κ3) is 1.23. The minimum absolute atomic E-state index is 0.187. The Hall–Kier alpha value is -0.720. The van der Waals surface area contributed by atoms with Crippen LogP contribution in [0.4, 0.5) is 0 Å². The number of carbonyl (C=O) groups is 2. The summed E-state index contributed by atoms with van der Waals surface area (Å²) in [5.74, 6) is 0.187. The summed E-state index contributed by atoms with van der Waals surface area (Å²) in [6.45, 7) is 0. The van der Waals surface area contributed by atoms with Crippen LogP contribution in [0.5, 0.6) is 0 Å². The third-order valence-corrected chi connectivity index (χ3v) is 1.75. The molecule has 1 rings (SSSR count). The molecular weight excluding hydrogens is 247 g/mol. The van der Waals surface area contributed by atoms with Gasteiger partial charge >= 0.3 is 0 Å². The molecule has 4 nitrogen and oxygen atoms in total. The van der Waals surface area contributed by atoms with Crippen molar-refractivity contribution in [3.8, 4) is 0 Å². The lowest BCUT2D eigenvalue weighted by Crippen LogP contribution is -1.82. The lowest BCUT2D eigenvalue weighted by Gasteiger charge is -1.75. The fourth-order valence-corrected chi connectivity index (χ4v) is 1.04. The predicted molar refractivity (Wildman–Crippen MR) is 42.1 cm³/mol. The number of carbonyl (C=O) groups excluding carboxylic acids is 2. The summed E-state index contributed by atoms with van der Waals surface area (Å²) in [6, 6.07) is 0. The van der Waals surface area contributed by atoms with Crippen molar-refractivity contribution in [2.75, 3.05) is 0 Å². The molecule has 0 spiro atoms. The summed E-state index contributed by atoms with van der Waals surface area (Å²) < 4.78 is 0.592. The van der Waals surface area contributed by atoms with Crippen molar-refractivity contribution in [2.24, 2.45) is 0 Å². The minimum atomic E-state index is 0.187. The Morgan fingerprint density at radius 1 is 1.40 bits per heavy atom. The van der Waals surface area contributed by atoms with E-state index in [9.17, 15) is 9.59 Å². The molecular formula is C5H3IN2O2. The molecule has 0 aliphatic rings. The summed E-state index contributed by atoms with van der Waals surface area (Å²) in [5, 5.41) is 0. The number of aldehydes is 2. The van der Waals surface area contributed by atoms with Crippen LogP contribution in [0.2, 0.25) is 0 Å². The molecule has 10 heavy (non-hydrogen) atoms. The molecule has 0 saturated carbocycles. The molecule has 0 atom stereocenters. The van der Waals surface area contributed by atoms with E-state index in [4.69, 9.17) is 0 Å². The number of nitrogens with one attached hydrogen (secondary N) is 1. The molecule has 0 aliphatic carbocycles. The van der Waals surface area contributed by atoms with Gasteiger partial charge < -0.3 is 4.98 Å². The Balaban J connectivity index is 3.15. The van der Waals surface area contributed by atoms with Crippen LogP contribution in [0.3, 0.4) is 0 Å². The molecule has 1 heterocycles. The summed E-state index contributed by atoms with van der Waals surface area (Å²) in [7, 11) is 0. The number of imidazole rings is 1. The van der Waals surface area contributed by atoms with Crippen molar-refractivity contribution in [1.29, 1.82) is 0 Å². The van der Waals surface area contributed by atoms with E-state index in [0.717, 1.165) is 0 Å². The summed E-state index contributed by atoms with van der Waals surface area (Å²) in [5.41, 5.74) is 0.280. The molecule has 0 unspecified atom stereocenters. The first-order valence-electron chi connectivity index (χ1n) is 2.43. The van der Waals surface area contributed by atoms with Crippen LogP contribution >= 0.6 is 22.6 Å². The van der Waals surface area contributed by atoms with E-state index in [2.05, 4.69) is 9.97 Å². The second-order valence-electron chi connectivity index (χ2n) is 1.56. The van der Waals surface area contributed by atoms with Crippen molar-refractivity contribution >= 4 is 35.2 Å². The number of hydrogen-bond donors (Lipinski definition) is 1. The van der Waals surface area contributed by atoms with Gasteiger partial charge in [0.15, 0.2) is 18.4 Å². The van der Waals surface area contributed by atoms with E-state index in [0.29, 0.717) is 16.3 Å². The minimum Gasteiger partial charge on any atom is -0.331 e. The molecule has 0 bridgehead atoms. The fourth-order valence-electron chi connectivity index (χ4n) is 0.517. The van der Waals surface area contributed by atoms with Crippen LogP contribution in [0.25, 0.3) is 0 Å². The van der Waals surface area contributed by atoms with Crippen molar-refractivity contribution in [2.45, 2.75) is 0 Å². The molecule has 5 heteroatoms. The molecule has 0 saturated heterocycles. The van der Waals surface area contributed by atoms with Gasteiger partial charge in [0, 0.05) is 0 Å². The normalized spacial score (nSPS) is 9.30. The van der Waals surface area contributed by atoms with Gasteiger partial charge in [-0.05, 0) is 22.6 Å². The second-order valence-corrected chi connectivity index (χ2v) is 2.64. The number of rotatable bonds is 2. The summed E-state index contributed by atoms with van der Waals surface area (Å²) >= 11 is 1.90. The lowest BCUT2D eigenvalue weighted by atomic mass is 10.5. The fraction of sp³-hybridized carbons (Fsp3) is 0. The van der Waals surface area contributed by atoms with E-state index in [1.807, 2.05) is 22.6 Å². The molecule has 0 amide bonds. The SMILES string of the molecule is O=Cc1nc(C=O)c(I)[nH]1. The Kier molecular flexibility index (Phi) is 2.15. The van der Waals surface area contributed by atoms with Gasteiger partial charge in [-0.15, -0.1) is 0 Å². The van der Waals surface area contributed by atoms with E-state index < -0.39 is 0 Å². The number of aromatic nitrogens is 2. The third-order valence-electron chi connectivity index (χ3n) is 0.927. The van der Waals surface area contributed by atoms with Crippen LogP contribution in [-0.2, 0) is 0 Å². The highest BCUT2D eigenvalue weighted by atomic mass is 127.